The molecular weight excluding hydrogens is 440 g/mol. The molecule has 1 amide bonds. The summed E-state index contributed by atoms with van der Waals surface area (Å²) in [7, 11) is 0. The molecular formula is C25H28N2O5S. The van der Waals surface area contributed by atoms with E-state index < -0.39 is 6.04 Å². The second kappa shape index (κ2) is 9.17. The van der Waals surface area contributed by atoms with E-state index in [4.69, 9.17) is 14.2 Å². The average Bonchev–Trinajstić information content (AvgIpc) is 3.45. The van der Waals surface area contributed by atoms with Crippen molar-refractivity contribution >= 4 is 28.2 Å². The second-order valence-corrected chi connectivity index (χ2v) is 9.41. The van der Waals surface area contributed by atoms with Gasteiger partial charge in [-0.05, 0) is 50.3 Å². The molecule has 1 aromatic heterocycles. The number of ether oxygens (including phenoxy) is 3. The summed E-state index contributed by atoms with van der Waals surface area (Å²) in [5, 5.41) is 2.37. The number of thiazole rings is 1. The Hall–Kier alpha value is -2.87. The Bertz CT molecular complexity index is 1080. The molecule has 33 heavy (non-hydrogen) atoms. The van der Waals surface area contributed by atoms with Crippen LogP contribution in [0.25, 0.3) is 0 Å². The van der Waals surface area contributed by atoms with E-state index in [1.54, 1.807) is 11.1 Å². The number of ketones is 1. The van der Waals surface area contributed by atoms with Crippen LogP contribution in [0.5, 0.6) is 11.5 Å². The van der Waals surface area contributed by atoms with E-state index in [1.807, 2.05) is 37.4 Å². The van der Waals surface area contributed by atoms with E-state index in [2.05, 4.69) is 4.98 Å². The van der Waals surface area contributed by atoms with E-state index >= 15 is 0 Å². The van der Waals surface area contributed by atoms with Crippen molar-refractivity contribution in [2.24, 2.45) is 5.92 Å². The first-order valence-electron chi connectivity index (χ1n) is 11.7. The van der Waals surface area contributed by atoms with Crippen molar-refractivity contribution in [1.82, 2.24) is 4.98 Å². The molecule has 174 valence electrons. The number of Topliss-reactive ketones (excluding diaryl/α,β-unsaturated/α-hetero) is 1. The minimum atomic E-state index is -0.603. The molecule has 2 aromatic rings. The van der Waals surface area contributed by atoms with Crippen LogP contribution in [0.3, 0.4) is 0 Å². The molecule has 0 radical (unpaired) electrons. The lowest BCUT2D eigenvalue weighted by molar-refractivity contribution is -0.131. The molecule has 3 unspecified atom stereocenters. The lowest BCUT2D eigenvalue weighted by Gasteiger charge is -2.35. The summed E-state index contributed by atoms with van der Waals surface area (Å²) >= 11 is 1.37. The lowest BCUT2D eigenvalue weighted by atomic mass is 9.77. The molecule has 0 spiro atoms. The standard InChI is InChI=1S/C25H28N2O5S/c1-3-12-31-18-10-9-15(14-19(18)30-4-2)21-20-22(28)16-7-5-6-8-17(16)32-23(20)24(29)27(21)25-26-11-13-33-25/h9-11,13-14,16-17,21H,3-8,12H2,1-2H3. The van der Waals surface area contributed by atoms with Crippen LogP contribution in [0.1, 0.15) is 57.6 Å². The highest BCUT2D eigenvalue weighted by atomic mass is 32.1. The Labute approximate surface area is 197 Å². The molecule has 0 saturated heterocycles. The van der Waals surface area contributed by atoms with Crippen LogP contribution in [0, 0.1) is 5.92 Å². The van der Waals surface area contributed by atoms with Crippen molar-refractivity contribution in [2.75, 3.05) is 18.1 Å². The summed E-state index contributed by atoms with van der Waals surface area (Å²) in [6.45, 7) is 5.02. The number of aromatic nitrogens is 1. The fraction of sp³-hybridized carbons (Fsp3) is 0.480. The SMILES string of the molecule is CCCOc1ccc(C2C3=C(OC4CCCCC4C3=O)C(=O)N2c2nccs2)cc1OCC. The van der Waals surface area contributed by atoms with E-state index in [0.717, 1.165) is 37.7 Å². The van der Waals surface area contributed by atoms with Gasteiger partial charge in [0.25, 0.3) is 5.91 Å². The minimum absolute atomic E-state index is 0.0302. The Balaban J connectivity index is 1.61. The van der Waals surface area contributed by atoms with Gasteiger partial charge in [0.15, 0.2) is 28.2 Å². The van der Waals surface area contributed by atoms with Crippen molar-refractivity contribution in [3.05, 3.63) is 46.7 Å². The molecule has 0 N–H and O–H groups in total. The van der Waals surface area contributed by atoms with Gasteiger partial charge in [0.1, 0.15) is 6.10 Å². The van der Waals surface area contributed by atoms with Crippen LogP contribution in [0.2, 0.25) is 0 Å². The third-order valence-corrected chi connectivity index (χ3v) is 7.20. The van der Waals surface area contributed by atoms with Gasteiger partial charge in [0, 0.05) is 11.6 Å². The monoisotopic (exact) mass is 468 g/mol. The van der Waals surface area contributed by atoms with Gasteiger partial charge in [0.2, 0.25) is 0 Å². The van der Waals surface area contributed by atoms with Gasteiger partial charge in [-0.3, -0.25) is 14.5 Å². The van der Waals surface area contributed by atoms with Crippen molar-refractivity contribution in [1.29, 1.82) is 0 Å². The number of nitrogens with zero attached hydrogens (tertiary/aromatic N) is 2. The third-order valence-electron chi connectivity index (χ3n) is 6.43. The highest BCUT2D eigenvalue weighted by Gasteiger charge is 2.53. The first kappa shape index (κ1) is 21.9. The van der Waals surface area contributed by atoms with Crippen molar-refractivity contribution in [2.45, 2.75) is 58.1 Å². The predicted molar refractivity (Wildman–Crippen MR) is 125 cm³/mol. The van der Waals surface area contributed by atoms with E-state index in [0.29, 0.717) is 35.4 Å². The summed E-state index contributed by atoms with van der Waals surface area (Å²) in [5.41, 5.74) is 1.23. The number of hydrogen-bond donors (Lipinski definition) is 0. The fourth-order valence-electron chi connectivity index (χ4n) is 4.99. The summed E-state index contributed by atoms with van der Waals surface area (Å²) < 4.78 is 17.9. The van der Waals surface area contributed by atoms with Crippen LogP contribution >= 0.6 is 11.3 Å². The van der Waals surface area contributed by atoms with Gasteiger partial charge in [0.05, 0.1) is 30.7 Å². The zero-order valence-electron chi connectivity index (χ0n) is 18.9. The first-order valence-corrected chi connectivity index (χ1v) is 12.6. The zero-order chi connectivity index (χ0) is 22.9. The molecule has 3 atom stereocenters. The van der Waals surface area contributed by atoms with Gasteiger partial charge in [-0.2, -0.15) is 0 Å². The van der Waals surface area contributed by atoms with E-state index in [9.17, 15) is 9.59 Å². The van der Waals surface area contributed by atoms with Gasteiger partial charge in [-0.25, -0.2) is 4.98 Å². The maximum atomic E-state index is 13.7. The normalized spacial score (nSPS) is 24.4. The molecule has 3 aliphatic rings. The number of fused-ring (bicyclic) bond motifs is 1. The second-order valence-electron chi connectivity index (χ2n) is 8.53. The average molecular weight is 469 g/mol. The Kier molecular flexibility index (Phi) is 6.10. The molecule has 1 aliphatic carbocycles. The van der Waals surface area contributed by atoms with Gasteiger partial charge < -0.3 is 14.2 Å². The highest BCUT2D eigenvalue weighted by molar-refractivity contribution is 7.13. The number of amides is 1. The Morgan fingerprint density at radius 1 is 1.15 bits per heavy atom. The number of benzene rings is 1. The molecule has 7 nitrogen and oxygen atoms in total. The van der Waals surface area contributed by atoms with E-state index in [-0.39, 0.29) is 29.5 Å². The quantitative estimate of drug-likeness (QED) is 0.579. The molecule has 3 heterocycles. The molecule has 1 fully saturated rings. The van der Waals surface area contributed by atoms with Crippen LogP contribution in [-0.2, 0) is 14.3 Å². The Morgan fingerprint density at radius 3 is 2.76 bits per heavy atom. The van der Waals surface area contributed by atoms with Crippen LogP contribution < -0.4 is 14.4 Å². The van der Waals surface area contributed by atoms with E-state index in [1.165, 1.54) is 11.3 Å². The zero-order valence-corrected chi connectivity index (χ0v) is 19.7. The number of carbonyl (C=O) groups excluding carboxylic acids is 2. The predicted octanol–water partition coefficient (Wildman–Crippen LogP) is 4.83. The summed E-state index contributed by atoms with van der Waals surface area (Å²) in [6.07, 6.45) is 5.96. The van der Waals surface area contributed by atoms with Gasteiger partial charge in [-0.15, -0.1) is 11.3 Å². The lowest BCUT2D eigenvalue weighted by Crippen LogP contribution is -2.39. The fourth-order valence-corrected chi connectivity index (χ4v) is 5.65. The maximum absolute atomic E-state index is 13.7. The van der Waals surface area contributed by atoms with Crippen molar-refractivity contribution in [3.63, 3.8) is 0 Å². The molecule has 1 aromatic carbocycles. The van der Waals surface area contributed by atoms with Gasteiger partial charge in [-0.1, -0.05) is 19.4 Å². The topological polar surface area (TPSA) is 78.0 Å². The Morgan fingerprint density at radius 2 is 2.00 bits per heavy atom. The largest absolute Gasteiger partial charge is 0.490 e. The smallest absolute Gasteiger partial charge is 0.296 e. The summed E-state index contributed by atoms with van der Waals surface area (Å²) in [6, 6.07) is 5.04. The number of anilines is 1. The first-order chi connectivity index (χ1) is 16.1. The van der Waals surface area contributed by atoms with Gasteiger partial charge >= 0.3 is 0 Å². The minimum Gasteiger partial charge on any atom is -0.490 e. The van der Waals surface area contributed by atoms with Crippen LogP contribution in [0.4, 0.5) is 5.13 Å². The molecule has 5 rings (SSSR count). The molecule has 2 aliphatic heterocycles. The highest BCUT2D eigenvalue weighted by Crippen LogP contribution is 2.49. The van der Waals surface area contributed by atoms with Crippen LogP contribution in [0.15, 0.2) is 41.1 Å². The molecule has 0 bridgehead atoms. The maximum Gasteiger partial charge on any atom is 0.296 e. The number of rotatable bonds is 7. The van der Waals surface area contributed by atoms with Crippen molar-refractivity contribution in [3.8, 4) is 11.5 Å². The number of carbonyl (C=O) groups is 2. The van der Waals surface area contributed by atoms with Crippen LogP contribution in [-0.4, -0.2) is 36.0 Å². The third kappa shape index (κ3) is 3.80. The number of hydrogen-bond acceptors (Lipinski definition) is 7. The summed E-state index contributed by atoms with van der Waals surface area (Å²) in [5.74, 6) is 0.980. The van der Waals surface area contributed by atoms with Crippen molar-refractivity contribution < 1.29 is 23.8 Å². The molecule has 8 heteroatoms. The molecule has 1 saturated carbocycles. The summed E-state index contributed by atoms with van der Waals surface area (Å²) in [4.78, 5) is 33.3.